The van der Waals surface area contributed by atoms with E-state index in [-0.39, 0.29) is 30.4 Å². The molecular formula is C19H28N2O5. The molecule has 0 unspecified atom stereocenters. The van der Waals surface area contributed by atoms with Crippen LogP contribution in [0.3, 0.4) is 0 Å². The third kappa shape index (κ3) is 6.28. The van der Waals surface area contributed by atoms with Gasteiger partial charge in [-0.2, -0.15) is 0 Å². The van der Waals surface area contributed by atoms with Gasteiger partial charge in [0.05, 0.1) is 5.71 Å². The van der Waals surface area contributed by atoms with E-state index in [0.717, 1.165) is 18.4 Å². The van der Waals surface area contributed by atoms with Gasteiger partial charge in [-0.15, -0.1) is 0 Å². The molecule has 1 fully saturated rings. The van der Waals surface area contributed by atoms with Crippen LogP contribution in [0.25, 0.3) is 0 Å². The Morgan fingerprint density at radius 3 is 2.42 bits per heavy atom. The highest BCUT2D eigenvalue weighted by molar-refractivity contribution is 6.40. The van der Waals surface area contributed by atoms with Crippen LogP contribution in [0.2, 0.25) is 0 Å². The number of likely N-dealkylation sites (tertiary alicyclic amines) is 1. The molecule has 1 saturated heterocycles. The van der Waals surface area contributed by atoms with E-state index < -0.39 is 5.60 Å². The minimum atomic E-state index is -0.501. The van der Waals surface area contributed by atoms with Crippen LogP contribution in [0.1, 0.15) is 53.4 Å². The Hall–Kier alpha value is -2.18. The van der Waals surface area contributed by atoms with Crippen LogP contribution in [0.15, 0.2) is 16.8 Å². The molecule has 26 heavy (non-hydrogen) atoms. The number of amides is 1. The number of hydrogen-bond acceptors (Lipinski definition) is 6. The van der Waals surface area contributed by atoms with Crippen molar-refractivity contribution in [3.8, 4) is 0 Å². The van der Waals surface area contributed by atoms with E-state index in [2.05, 4.69) is 4.99 Å². The van der Waals surface area contributed by atoms with Crippen molar-refractivity contribution in [2.75, 3.05) is 19.7 Å². The minimum Gasteiger partial charge on any atom is -0.461 e. The fraction of sp³-hybridized carbons (Fsp3) is 0.684. The molecule has 2 heterocycles. The first-order chi connectivity index (χ1) is 12.1. The summed E-state index contributed by atoms with van der Waals surface area (Å²) in [7, 11) is 0. The summed E-state index contributed by atoms with van der Waals surface area (Å²) in [4.78, 5) is 41.0. The summed E-state index contributed by atoms with van der Waals surface area (Å²) in [5, 5.41) is 0. The first kappa shape index (κ1) is 20.1. The first-order valence-corrected chi connectivity index (χ1v) is 9.03. The quantitative estimate of drug-likeness (QED) is 0.700. The number of esters is 1. The number of aliphatic imine (C=N–C) groups is 1. The van der Waals surface area contributed by atoms with Gasteiger partial charge in [0.25, 0.3) is 0 Å². The number of nitrogens with zero attached hydrogens (tertiary/aromatic N) is 2. The van der Waals surface area contributed by atoms with Gasteiger partial charge in [0, 0.05) is 39.1 Å². The maximum absolute atomic E-state index is 12.0. The summed E-state index contributed by atoms with van der Waals surface area (Å²) >= 11 is 0. The Balaban J connectivity index is 1.66. The van der Waals surface area contributed by atoms with Gasteiger partial charge >= 0.3 is 12.1 Å². The molecule has 0 aromatic carbocycles. The predicted molar refractivity (Wildman–Crippen MR) is 96.9 cm³/mol. The van der Waals surface area contributed by atoms with Crippen molar-refractivity contribution in [1.82, 2.24) is 4.90 Å². The van der Waals surface area contributed by atoms with Gasteiger partial charge in [-0.1, -0.05) is 0 Å². The largest absolute Gasteiger partial charge is 0.461 e. The van der Waals surface area contributed by atoms with E-state index in [1.54, 1.807) is 11.1 Å². The Bertz CT molecular complexity index is 622. The van der Waals surface area contributed by atoms with Crippen LogP contribution < -0.4 is 0 Å². The fourth-order valence-corrected chi connectivity index (χ4v) is 2.89. The lowest BCUT2D eigenvalue weighted by atomic mass is 9.94. The average molecular weight is 364 g/mol. The summed E-state index contributed by atoms with van der Waals surface area (Å²) in [5.74, 6) is -0.0972. The summed E-state index contributed by atoms with van der Waals surface area (Å²) in [5.41, 5.74) is 0.840. The van der Waals surface area contributed by atoms with E-state index in [9.17, 15) is 14.4 Å². The normalized spacial score (nSPS) is 18.2. The molecular weight excluding hydrogens is 336 g/mol. The van der Waals surface area contributed by atoms with E-state index in [1.165, 1.54) is 6.92 Å². The van der Waals surface area contributed by atoms with E-state index in [4.69, 9.17) is 9.47 Å². The smallest absolute Gasteiger partial charge is 0.410 e. The molecule has 0 atom stereocenters. The monoisotopic (exact) mass is 364 g/mol. The lowest BCUT2D eigenvalue weighted by Crippen LogP contribution is -2.42. The van der Waals surface area contributed by atoms with Crippen molar-refractivity contribution in [2.45, 2.75) is 59.0 Å². The third-order valence-corrected chi connectivity index (χ3v) is 4.34. The highest BCUT2D eigenvalue weighted by Crippen LogP contribution is 2.23. The lowest BCUT2D eigenvalue weighted by Gasteiger charge is -2.33. The molecule has 0 N–H and O–H groups in total. The summed E-state index contributed by atoms with van der Waals surface area (Å²) in [6, 6.07) is 0. The van der Waals surface area contributed by atoms with Gasteiger partial charge in [0.2, 0.25) is 0 Å². The molecule has 0 aromatic rings. The van der Waals surface area contributed by atoms with E-state index >= 15 is 0 Å². The fourth-order valence-electron chi connectivity index (χ4n) is 2.89. The maximum atomic E-state index is 12.0. The summed E-state index contributed by atoms with van der Waals surface area (Å²) < 4.78 is 10.7. The molecule has 0 spiro atoms. The molecule has 1 amide bonds. The van der Waals surface area contributed by atoms with Gasteiger partial charge in [0.1, 0.15) is 12.2 Å². The van der Waals surface area contributed by atoms with Crippen LogP contribution in [0.5, 0.6) is 0 Å². The zero-order chi connectivity index (χ0) is 19.3. The zero-order valence-corrected chi connectivity index (χ0v) is 16.0. The summed E-state index contributed by atoms with van der Waals surface area (Å²) in [6.45, 7) is 8.37. The number of piperidine rings is 1. The van der Waals surface area contributed by atoms with Crippen LogP contribution in [-0.2, 0) is 19.1 Å². The average Bonchev–Trinajstić information content (AvgIpc) is 3.01. The van der Waals surface area contributed by atoms with Crippen LogP contribution in [0, 0.1) is 5.92 Å². The number of rotatable bonds is 5. The molecule has 0 radical (unpaired) electrons. The van der Waals surface area contributed by atoms with E-state index in [1.807, 2.05) is 20.8 Å². The number of carbonyl (C=O) groups excluding carboxylic acids is 3. The molecule has 0 bridgehead atoms. The number of hydrogen-bond donors (Lipinski definition) is 0. The highest BCUT2D eigenvalue weighted by atomic mass is 16.6. The SMILES string of the molecule is CC(=O)C1=NC=C(COC(=O)CC2CCN(C(=O)OC(C)(C)C)CC2)C1. The maximum Gasteiger partial charge on any atom is 0.410 e. The Labute approximate surface area is 154 Å². The number of Topliss-reactive ketones (excluding diaryl/α,β-unsaturated/α-hetero) is 1. The Morgan fingerprint density at radius 2 is 1.88 bits per heavy atom. The van der Waals surface area contributed by atoms with Crippen molar-refractivity contribution in [2.24, 2.45) is 10.9 Å². The number of carbonyl (C=O) groups is 3. The van der Waals surface area contributed by atoms with Gasteiger partial charge in [0.15, 0.2) is 5.78 Å². The van der Waals surface area contributed by atoms with Crippen molar-refractivity contribution in [1.29, 1.82) is 0 Å². The Morgan fingerprint density at radius 1 is 1.23 bits per heavy atom. The van der Waals surface area contributed by atoms with Crippen molar-refractivity contribution in [3.63, 3.8) is 0 Å². The molecule has 2 aliphatic heterocycles. The standard InChI is InChI=1S/C19H28N2O5/c1-13(22)16-9-15(11-20-16)12-25-17(23)10-14-5-7-21(8-6-14)18(24)26-19(2,3)4/h11,14H,5-10,12H2,1-4H3. The zero-order valence-electron chi connectivity index (χ0n) is 16.0. The number of ketones is 1. The van der Waals surface area contributed by atoms with Gasteiger partial charge in [-0.25, -0.2) is 4.79 Å². The van der Waals surface area contributed by atoms with Crippen LogP contribution >= 0.6 is 0 Å². The van der Waals surface area contributed by atoms with Crippen molar-refractivity contribution >= 4 is 23.6 Å². The molecule has 144 valence electrons. The lowest BCUT2D eigenvalue weighted by molar-refractivity contribution is -0.144. The first-order valence-electron chi connectivity index (χ1n) is 9.03. The van der Waals surface area contributed by atoms with Gasteiger partial charge in [-0.05, 0) is 45.1 Å². The molecule has 0 aliphatic carbocycles. The van der Waals surface area contributed by atoms with Gasteiger partial charge < -0.3 is 14.4 Å². The van der Waals surface area contributed by atoms with Crippen LogP contribution in [0.4, 0.5) is 4.79 Å². The van der Waals surface area contributed by atoms with Crippen molar-refractivity contribution in [3.05, 3.63) is 11.8 Å². The second-order valence-electron chi connectivity index (χ2n) is 7.87. The predicted octanol–water partition coefficient (Wildman–Crippen LogP) is 2.88. The van der Waals surface area contributed by atoms with Gasteiger partial charge in [-0.3, -0.25) is 14.6 Å². The molecule has 2 rings (SSSR count). The molecule has 0 saturated carbocycles. The Kier molecular flexibility index (Phi) is 6.56. The second kappa shape index (κ2) is 8.47. The summed E-state index contributed by atoms with van der Waals surface area (Å²) in [6.07, 6.45) is 3.62. The highest BCUT2D eigenvalue weighted by Gasteiger charge is 2.28. The number of ether oxygens (including phenoxy) is 2. The minimum absolute atomic E-state index is 0.0562. The molecule has 0 aromatic heterocycles. The molecule has 2 aliphatic rings. The topological polar surface area (TPSA) is 85.3 Å². The van der Waals surface area contributed by atoms with Crippen LogP contribution in [-0.4, -0.2) is 53.8 Å². The van der Waals surface area contributed by atoms with Crippen molar-refractivity contribution < 1.29 is 23.9 Å². The molecule has 7 heteroatoms. The third-order valence-electron chi connectivity index (χ3n) is 4.34. The van der Waals surface area contributed by atoms with E-state index in [0.29, 0.717) is 31.6 Å². The second-order valence-corrected chi connectivity index (χ2v) is 7.87. The molecule has 7 nitrogen and oxygen atoms in total.